The van der Waals surface area contributed by atoms with Crippen LogP contribution in [0.5, 0.6) is 5.75 Å². The first kappa shape index (κ1) is 19.7. The molecular formula is C25H24N2O3. The van der Waals surface area contributed by atoms with E-state index in [-0.39, 0.29) is 24.5 Å². The van der Waals surface area contributed by atoms with Crippen LogP contribution < -0.4 is 15.4 Å². The minimum Gasteiger partial charge on any atom is -0.484 e. The van der Waals surface area contributed by atoms with Gasteiger partial charge in [0.15, 0.2) is 6.61 Å². The van der Waals surface area contributed by atoms with Crippen molar-refractivity contribution in [3.05, 3.63) is 95.6 Å². The van der Waals surface area contributed by atoms with E-state index in [4.69, 9.17) is 4.74 Å². The van der Waals surface area contributed by atoms with E-state index in [1.165, 1.54) is 11.1 Å². The Morgan fingerprint density at radius 2 is 1.63 bits per heavy atom. The molecule has 0 heterocycles. The minimum atomic E-state index is -0.170. The number of aryl methyl sites for hydroxylation is 1. The molecule has 1 aliphatic rings. The van der Waals surface area contributed by atoms with E-state index in [1.807, 2.05) is 30.3 Å². The summed E-state index contributed by atoms with van der Waals surface area (Å²) in [7, 11) is 0. The van der Waals surface area contributed by atoms with Gasteiger partial charge in [-0.25, -0.2) is 0 Å². The van der Waals surface area contributed by atoms with Crippen molar-refractivity contribution in [1.82, 2.24) is 5.32 Å². The van der Waals surface area contributed by atoms with Gasteiger partial charge >= 0.3 is 0 Å². The predicted octanol–water partition coefficient (Wildman–Crippen LogP) is 4.51. The van der Waals surface area contributed by atoms with Crippen molar-refractivity contribution in [3.8, 4) is 5.75 Å². The molecule has 2 N–H and O–H groups in total. The van der Waals surface area contributed by atoms with Crippen molar-refractivity contribution in [2.24, 2.45) is 0 Å². The molecule has 0 spiro atoms. The molecular weight excluding hydrogens is 376 g/mol. The Hall–Kier alpha value is -3.60. The third-order valence-corrected chi connectivity index (χ3v) is 5.22. The number of fused-ring (bicyclic) bond motifs is 1. The molecule has 3 aromatic rings. The predicted molar refractivity (Wildman–Crippen MR) is 117 cm³/mol. The van der Waals surface area contributed by atoms with Gasteiger partial charge in [-0.1, -0.05) is 42.5 Å². The summed E-state index contributed by atoms with van der Waals surface area (Å²) < 4.78 is 5.62. The molecule has 0 unspecified atom stereocenters. The normalized spacial score (nSPS) is 15.0. The van der Waals surface area contributed by atoms with Crippen LogP contribution in [0.4, 0.5) is 5.69 Å². The Balaban J connectivity index is 1.28. The fraction of sp³-hybridized carbons (Fsp3) is 0.200. The number of rotatable bonds is 6. The number of amides is 2. The van der Waals surface area contributed by atoms with E-state index in [0.717, 1.165) is 19.3 Å². The number of carbonyl (C=O) groups excluding carboxylic acids is 2. The summed E-state index contributed by atoms with van der Waals surface area (Å²) in [5.74, 6) is 0.265. The van der Waals surface area contributed by atoms with Crippen LogP contribution >= 0.6 is 0 Å². The van der Waals surface area contributed by atoms with Gasteiger partial charge in [-0.3, -0.25) is 9.59 Å². The summed E-state index contributed by atoms with van der Waals surface area (Å²) in [5, 5.41) is 5.92. The van der Waals surface area contributed by atoms with E-state index in [2.05, 4.69) is 22.8 Å². The lowest BCUT2D eigenvalue weighted by Crippen LogP contribution is -2.34. The quantitative estimate of drug-likeness (QED) is 0.640. The summed E-state index contributed by atoms with van der Waals surface area (Å²) in [6, 6.07) is 24.3. The third-order valence-electron chi connectivity index (χ3n) is 5.22. The fourth-order valence-electron chi connectivity index (χ4n) is 3.72. The fourth-order valence-corrected chi connectivity index (χ4v) is 3.72. The van der Waals surface area contributed by atoms with Crippen LogP contribution in [0.1, 0.15) is 40.4 Å². The van der Waals surface area contributed by atoms with Crippen LogP contribution in [-0.2, 0) is 11.2 Å². The smallest absolute Gasteiger partial charge is 0.258 e. The third kappa shape index (κ3) is 4.87. The van der Waals surface area contributed by atoms with Crippen LogP contribution in [-0.4, -0.2) is 18.4 Å². The molecule has 0 aromatic heterocycles. The average Bonchev–Trinajstić information content (AvgIpc) is 2.79. The molecule has 0 radical (unpaired) electrons. The number of anilines is 1. The molecule has 0 saturated carbocycles. The molecule has 1 aliphatic carbocycles. The second-order valence-corrected chi connectivity index (χ2v) is 7.34. The largest absolute Gasteiger partial charge is 0.484 e. The highest BCUT2D eigenvalue weighted by atomic mass is 16.5. The maximum atomic E-state index is 12.4. The second kappa shape index (κ2) is 9.27. The molecule has 5 nitrogen and oxygen atoms in total. The summed E-state index contributed by atoms with van der Waals surface area (Å²) in [6.45, 7) is -0.0472. The number of hydrogen-bond acceptors (Lipinski definition) is 3. The lowest BCUT2D eigenvalue weighted by Gasteiger charge is -2.26. The molecule has 4 rings (SSSR count). The first-order valence-corrected chi connectivity index (χ1v) is 10.2. The Morgan fingerprint density at radius 1 is 0.900 bits per heavy atom. The lowest BCUT2D eigenvalue weighted by molar-refractivity contribution is -0.123. The zero-order valence-corrected chi connectivity index (χ0v) is 16.6. The van der Waals surface area contributed by atoms with Gasteiger partial charge in [0, 0.05) is 11.3 Å². The van der Waals surface area contributed by atoms with Gasteiger partial charge in [0.1, 0.15) is 5.75 Å². The average molecular weight is 400 g/mol. The van der Waals surface area contributed by atoms with E-state index in [9.17, 15) is 9.59 Å². The van der Waals surface area contributed by atoms with E-state index in [1.54, 1.807) is 36.4 Å². The summed E-state index contributed by atoms with van der Waals surface area (Å²) in [4.78, 5) is 24.6. The van der Waals surface area contributed by atoms with Crippen molar-refractivity contribution in [1.29, 1.82) is 0 Å². The summed E-state index contributed by atoms with van der Waals surface area (Å²) in [6.07, 6.45) is 3.07. The van der Waals surface area contributed by atoms with Crippen molar-refractivity contribution in [3.63, 3.8) is 0 Å². The van der Waals surface area contributed by atoms with Crippen LogP contribution in [0.25, 0.3) is 0 Å². The van der Waals surface area contributed by atoms with Gasteiger partial charge in [-0.2, -0.15) is 0 Å². The Bertz CT molecular complexity index is 1020. The SMILES string of the molecule is O=C(COc1ccc(NC(=O)c2ccccc2)cc1)N[C@H]1CCCc2ccccc21. The summed E-state index contributed by atoms with van der Waals surface area (Å²) in [5.41, 5.74) is 3.77. The van der Waals surface area contributed by atoms with Crippen LogP contribution in [0.3, 0.4) is 0 Å². The molecule has 0 bridgehead atoms. The molecule has 2 amide bonds. The highest BCUT2D eigenvalue weighted by Crippen LogP contribution is 2.29. The standard InChI is InChI=1S/C25H24N2O3/c28-24(27-23-12-6-10-18-7-4-5-11-22(18)23)17-30-21-15-13-20(14-16-21)26-25(29)19-8-2-1-3-9-19/h1-5,7-9,11,13-16,23H,6,10,12,17H2,(H,26,29)(H,27,28)/t23-/m0/s1. The lowest BCUT2D eigenvalue weighted by atomic mass is 9.88. The first-order valence-electron chi connectivity index (χ1n) is 10.2. The summed E-state index contributed by atoms with van der Waals surface area (Å²) >= 11 is 0. The van der Waals surface area contributed by atoms with Crippen molar-refractivity contribution >= 4 is 17.5 Å². The van der Waals surface area contributed by atoms with Gasteiger partial charge in [-0.05, 0) is 66.8 Å². The Morgan fingerprint density at radius 3 is 2.43 bits per heavy atom. The van der Waals surface area contributed by atoms with E-state index < -0.39 is 0 Å². The number of ether oxygens (including phenoxy) is 1. The highest BCUT2D eigenvalue weighted by molar-refractivity contribution is 6.04. The van der Waals surface area contributed by atoms with Crippen LogP contribution in [0.2, 0.25) is 0 Å². The second-order valence-electron chi connectivity index (χ2n) is 7.34. The topological polar surface area (TPSA) is 67.4 Å². The monoisotopic (exact) mass is 400 g/mol. The zero-order chi connectivity index (χ0) is 20.8. The molecule has 3 aromatic carbocycles. The highest BCUT2D eigenvalue weighted by Gasteiger charge is 2.21. The molecule has 0 fully saturated rings. The number of hydrogen-bond donors (Lipinski definition) is 2. The van der Waals surface area contributed by atoms with Crippen molar-refractivity contribution < 1.29 is 14.3 Å². The number of nitrogens with one attached hydrogen (secondary N) is 2. The number of benzene rings is 3. The van der Waals surface area contributed by atoms with Gasteiger partial charge in [0.25, 0.3) is 11.8 Å². The Kier molecular flexibility index (Phi) is 6.09. The molecule has 0 saturated heterocycles. The first-order chi connectivity index (χ1) is 14.7. The molecule has 30 heavy (non-hydrogen) atoms. The zero-order valence-electron chi connectivity index (χ0n) is 16.6. The molecule has 152 valence electrons. The Labute approximate surface area is 176 Å². The van der Waals surface area contributed by atoms with Gasteiger partial charge in [-0.15, -0.1) is 0 Å². The minimum absolute atomic E-state index is 0.0432. The number of carbonyl (C=O) groups is 2. The van der Waals surface area contributed by atoms with E-state index >= 15 is 0 Å². The van der Waals surface area contributed by atoms with Gasteiger partial charge < -0.3 is 15.4 Å². The van der Waals surface area contributed by atoms with E-state index in [0.29, 0.717) is 17.0 Å². The van der Waals surface area contributed by atoms with Crippen molar-refractivity contribution in [2.45, 2.75) is 25.3 Å². The maximum absolute atomic E-state index is 12.4. The van der Waals surface area contributed by atoms with Crippen LogP contribution in [0.15, 0.2) is 78.9 Å². The molecule has 1 atom stereocenters. The molecule has 0 aliphatic heterocycles. The maximum Gasteiger partial charge on any atom is 0.258 e. The van der Waals surface area contributed by atoms with Gasteiger partial charge in [0.2, 0.25) is 0 Å². The van der Waals surface area contributed by atoms with Crippen LogP contribution in [0, 0.1) is 0 Å². The molecule has 5 heteroatoms. The van der Waals surface area contributed by atoms with Crippen molar-refractivity contribution in [2.75, 3.05) is 11.9 Å². The van der Waals surface area contributed by atoms with Gasteiger partial charge in [0.05, 0.1) is 6.04 Å².